The summed E-state index contributed by atoms with van der Waals surface area (Å²) in [5, 5.41) is 5.02. The number of hydrogen-bond acceptors (Lipinski definition) is 3. The first-order chi connectivity index (χ1) is 36.6. The predicted octanol–water partition coefficient (Wildman–Crippen LogP) is 19.9. The van der Waals surface area contributed by atoms with Crippen molar-refractivity contribution in [3.8, 4) is 11.1 Å². The van der Waals surface area contributed by atoms with Crippen LogP contribution in [0.4, 0.5) is 45.5 Å². The van der Waals surface area contributed by atoms with Gasteiger partial charge in [0, 0.05) is 62.5 Å². The topological polar surface area (TPSA) is 9.72 Å². The van der Waals surface area contributed by atoms with E-state index in [4.69, 9.17) is 0 Å². The van der Waals surface area contributed by atoms with Gasteiger partial charge in [0.2, 0.25) is 0 Å². The van der Waals surface area contributed by atoms with E-state index < -0.39 is 0 Å². The molecule has 0 aromatic heterocycles. The molecule has 0 N–H and O–H groups in total. The molecule has 11 aromatic rings. The minimum Gasteiger partial charge on any atom is -0.338 e. The van der Waals surface area contributed by atoms with Gasteiger partial charge in [-0.1, -0.05) is 195 Å². The molecular weight excluding hydrogens is 895 g/mol. The average molecular weight is 956 g/mol. The molecule has 0 saturated heterocycles. The standard InChI is InChI=1S/C71H61N3/c1-51-49-67(73(58-33-17-7-18-34-58)61-43-41-55(42-44-61)71(53-25-9-3-10-26-53)54-27-11-4-12-28-54)63-37-21-23-39-65(63)69(51)70-52(2)50-68(64-38-22-24-40-66(64)70)74(59-35-19-8-20-36-59)62-47-45-60(46-48-62)72(56-29-13-5-14-30-56)57-31-15-6-16-32-57/h3-6,8-16,19-32,35-50,58,71H,7,17-18,33-34H2,1-2H3. The smallest absolute Gasteiger partial charge is 0.0543 e. The summed E-state index contributed by atoms with van der Waals surface area (Å²) >= 11 is 0. The van der Waals surface area contributed by atoms with Gasteiger partial charge in [0.15, 0.2) is 0 Å². The van der Waals surface area contributed by atoms with E-state index in [2.05, 4.69) is 289 Å². The third-order valence-corrected chi connectivity index (χ3v) is 15.3. The van der Waals surface area contributed by atoms with Crippen LogP contribution in [0, 0.1) is 13.8 Å². The Kier molecular flexibility index (Phi) is 13.1. The fourth-order valence-electron chi connectivity index (χ4n) is 12.0. The summed E-state index contributed by atoms with van der Waals surface area (Å²) in [6.45, 7) is 4.65. The van der Waals surface area contributed by atoms with Crippen LogP contribution in [0.5, 0.6) is 0 Å². The number of nitrogens with zero attached hydrogens (tertiary/aromatic N) is 3. The van der Waals surface area contributed by atoms with Gasteiger partial charge in [-0.2, -0.15) is 0 Å². The van der Waals surface area contributed by atoms with Crippen molar-refractivity contribution in [3.05, 3.63) is 289 Å². The Morgan fingerprint density at radius 3 is 1.12 bits per heavy atom. The molecule has 1 aliphatic rings. The SMILES string of the molecule is Cc1cc(N(c2ccccc2)c2ccc(N(c3ccccc3)c3ccccc3)cc2)c2ccccc2c1-c1c(C)cc(N(c2ccc(C(c3ccccc3)c3ccccc3)cc2)C2CCCCC2)c2ccccc12. The van der Waals surface area contributed by atoms with Crippen molar-refractivity contribution in [1.29, 1.82) is 0 Å². The molecule has 0 aliphatic heterocycles. The molecule has 1 saturated carbocycles. The Morgan fingerprint density at radius 2 is 0.649 bits per heavy atom. The summed E-state index contributed by atoms with van der Waals surface area (Å²) in [5.74, 6) is 0.150. The normalized spacial score (nSPS) is 12.8. The monoisotopic (exact) mass is 955 g/mol. The molecule has 0 heterocycles. The van der Waals surface area contributed by atoms with Crippen LogP contribution in [0.15, 0.2) is 261 Å². The molecule has 0 unspecified atom stereocenters. The van der Waals surface area contributed by atoms with Gasteiger partial charge < -0.3 is 14.7 Å². The molecule has 3 nitrogen and oxygen atoms in total. The molecule has 74 heavy (non-hydrogen) atoms. The average Bonchev–Trinajstić information content (AvgIpc) is 3.46. The molecule has 0 atom stereocenters. The van der Waals surface area contributed by atoms with Crippen LogP contribution in [0.2, 0.25) is 0 Å². The number of hydrogen-bond donors (Lipinski definition) is 0. The lowest BCUT2D eigenvalue weighted by atomic mass is 9.84. The Morgan fingerprint density at radius 1 is 0.311 bits per heavy atom. The minimum atomic E-state index is 0.150. The minimum absolute atomic E-state index is 0.150. The second-order valence-corrected chi connectivity index (χ2v) is 20.0. The Hall–Kier alpha value is -8.66. The third kappa shape index (κ3) is 9.00. The fraction of sp³-hybridized carbons (Fsp3) is 0.127. The number of rotatable bonds is 13. The summed E-state index contributed by atoms with van der Waals surface area (Å²) in [6.07, 6.45) is 6.16. The zero-order valence-electron chi connectivity index (χ0n) is 42.4. The van der Waals surface area contributed by atoms with Crippen molar-refractivity contribution in [3.63, 3.8) is 0 Å². The van der Waals surface area contributed by atoms with Gasteiger partial charge in [-0.25, -0.2) is 0 Å². The highest BCUT2D eigenvalue weighted by atomic mass is 15.2. The van der Waals surface area contributed by atoms with E-state index in [1.54, 1.807) is 0 Å². The molecule has 12 rings (SSSR count). The van der Waals surface area contributed by atoms with Crippen molar-refractivity contribution in [2.45, 2.75) is 57.9 Å². The van der Waals surface area contributed by atoms with E-state index in [-0.39, 0.29) is 5.92 Å². The van der Waals surface area contributed by atoms with E-state index in [9.17, 15) is 0 Å². The zero-order valence-corrected chi connectivity index (χ0v) is 42.4. The van der Waals surface area contributed by atoms with Crippen LogP contribution in [0.1, 0.15) is 65.8 Å². The van der Waals surface area contributed by atoms with Gasteiger partial charge in [0.05, 0.1) is 5.69 Å². The first kappa shape index (κ1) is 46.4. The third-order valence-electron chi connectivity index (χ3n) is 15.3. The number of fused-ring (bicyclic) bond motifs is 2. The van der Waals surface area contributed by atoms with Crippen LogP contribution in [-0.4, -0.2) is 6.04 Å². The maximum atomic E-state index is 2.71. The van der Waals surface area contributed by atoms with Gasteiger partial charge in [-0.15, -0.1) is 0 Å². The van der Waals surface area contributed by atoms with Crippen LogP contribution in [-0.2, 0) is 0 Å². The quantitative estimate of drug-likeness (QED) is 0.107. The molecule has 0 bridgehead atoms. The van der Waals surface area contributed by atoms with Crippen LogP contribution >= 0.6 is 0 Å². The number of anilines is 8. The summed E-state index contributed by atoms with van der Waals surface area (Å²) in [5.41, 5.74) is 18.3. The van der Waals surface area contributed by atoms with E-state index in [1.165, 1.54) is 104 Å². The lowest BCUT2D eigenvalue weighted by molar-refractivity contribution is 0.436. The molecular formula is C71H61N3. The first-order valence-electron chi connectivity index (χ1n) is 26.5. The van der Waals surface area contributed by atoms with E-state index in [0.717, 1.165) is 34.1 Å². The van der Waals surface area contributed by atoms with Crippen molar-refractivity contribution < 1.29 is 0 Å². The predicted molar refractivity (Wildman–Crippen MR) is 315 cm³/mol. The summed E-state index contributed by atoms with van der Waals surface area (Å²) < 4.78 is 0. The van der Waals surface area contributed by atoms with Crippen LogP contribution in [0.3, 0.4) is 0 Å². The number of para-hydroxylation sites is 3. The van der Waals surface area contributed by atoms with Gasteiger partial charge >= 0.3 is 0 Å². The Labute approximate surface area is 437 Å². The summed E-state index contributed by atoms with van der Waals surface area (Å²) in [7, 11) is 0. The van der Waals surface area contributed by atoms with Gasteiger partial charge in [-0.05, 0) is 161 Å². The molecule has 1 fully saturated rings. The van der Waals surface area contributed by atoms with E-state index >= 15 is 0 Å². The highest BCUT2D eigenvalue weighted by Gasteiger charge is 2.28. The van der Waals surface area contributed by atoms with Gasteiger partial charge in [0.25, 0.3) is 0 Å². The van der Waals surface area contributed by atoms with Crippen LogP contribution in [0.25, 0.3) is 32.7 Å². The highest BCUT2D eigenvalue weighted by molar-refractivity contribution is 6.14. The van der Waals surface area contributed by atoms with Crippen LogP contribution < -0.4 is 14.7 Å². The Bertz CT molecular complexity index is 3570. The summed E-state index contributed by atoms with van der Waals surface area (Å²) in [6, 6.07) is 96.2. The number of benzene rings is 11. The maximum absolute atomic E-state index is 2.71. The molecule has 0 spiro atoms. The lowest BCUT2D eigenvalue weighted by Gasteiger charge is -2.38. The molecule has 0 radical (unpaired) electrons. The van der Waals surface area contributed by atoms with Gasteiger partial charge in [-0.3, -0.25) is 0 Å². The number of aryl methyl sites for hydroxylation is 2. The molecule has 3 heteroatoms. The fourth-order valence-corrected chi connectivity index (χ4v) is 12.0. The molecule has 1 aliphatic carbocycles. The molecule has 0 amide bonds. The van der Waals surface area contributed by atoms with Gasteiger partial charge in [0.1, 0.15) is 0 Å². The van der Waals surface area contributed by atoms with Crippen molar-refractivity contribution in [2.75, 3.05) is 14.7 Å². The second-order valence-electron chi connectivity index (χ2n) is 20.0. The largest absolute Gasteiger partial charge is 0.338 e. The Balaban J connectivity index is 0.972. The first-order valence-corrected chi connectivity index (χ1v) is 26.5. The zero-order chi connectivity index (χ0) is 49.8. The second kappa shape index (κ2) is 20.8. The van der Waals surface area contributed by atoms with Crippen molar-refractivity contribution in [1.82, 2.24) is 0 Å². The van der Waals surface area contributed by atoms with E-state index in [0.29, 0.717) is 6.04 Å². The maximum Gasteiger partial charge on any atom is 0.0543 e. The molecule has 360 valence electrons. The lowest BCUT2D eigenvalue weighted by Crippen LogP contribution is -2.33. The van der Waals surface area contributed by atoms with Crippen molar-refractivity contribution >= 4 is 67.0 Å². The highest BCUT2D eigenvalue weighted by Crippen LogP contribution is 2.49. The van der Waals surface area contributed by atoms with E-state index in [1.807, 2.05) is 0 Å². The summed E-state index contributed by atoms with van der Waals surface area (Å²) in [4.78, 5) is 7.46. The molecule has 11 aromatic carbocycles. The van der Waals surface area contributed by atoms with Crippen molar-refractivity contribution in [2.24, 2.45) is 0 Å².